The van der Waals surface area contributed by atoms with Crippen molar-refractivity contribution >= 4 is 29.1 Å². The van der Waals surface area contributed by atoms with E-state index in [1.807, 2.05) is 0 Å². The lowest BCUT2D eigenvalue weighted by Crippen LogP contribution is -2.02. The first-order valence-electron chi connectivity index (χ1n) is 1.59. The predicted octanol–water partition coefficient (Wildman–Crippen LogP) is -0.185. The van der Waals surface area contributed by atoms with Gasteiger partial charge in [-0.05, 0) is 0 Å². The van der Waals surface area contributed by atoms with Crippen LogP contribution in [-0.4, -0.2) is 17.1 Å². The summed E-state index contributed by atoms with van der Waals surface area (Å²) in [6.07, 6.45) is 1.02. The van der Waals surface area contributed by atoms with E-state index >= 15 is 0 Å². The highest BCUT2D eigenvalue weighted by molar-refractivity contribution is 8.15. The van der Waals surface area contributed by atoms with Crippen LogP contribution in [0.2, 0.25) is 0 Å². The lowest BCUT2D eigenvalue weighted by molar-refractivity contribution is -0.127. The average Bonchev–Trinajstić information content (AvgIpc) is 1.91. The van der Waals surface area contributed by atoms with Gasteiger partial charge in [0.15, 0.2) is 0 Å². The minimum atomic E-state index is -0.509. The molecule has 3 nitrogen and oxygen atoms in total. The molecule has 1 rings (SSSR count). The molecule has 0 atom stereocenters. The van der Waals surface area contributed by atoms with Gasteiger partial charge in [-0.25, -0.2) is 4.40 Å². The summed E-state index contributed by atoms with van der Waals surface area (Å²) < 4.78 is 3.34. The van der Waals surface area contributed by atoms with Crippen molar-refractivity contribution in [2.45, 2.75) is 0 Å². The highest BCUT2D eigenvalue weighted by atomic mass is 32.2. The second kappa shape index (κ2) is 1.46. The van der Waals surface area contributed by atoms with Gasteiger partial charge in [-0.1, -0.05) is 0 Å². The fourth-order valence-electron chi connectivity index (χ4n) is 0.220. The molecule has 1 aliphatic rings. The first kappa shape index (κ1) is 4.52. The minimum absolute atomic E-state index is 0.486. The maximum Gasteiger partial charge on any atom is 0.283 e. The highest BCUT2D eigenvalue weighted by Crippen LogP contribution is 2.08. The van der Waals surface area contributed by atoms with Crippen LogP contribution in [0, 0.1) is 0 Å². The fourth-order valence-corrected chi connectivity index (χ4v) is 0.607. The number of ketones is 1. The summed E-state index contributed by atoms with van der Waals surface area (Å²) in [7, 11) is 0. The van der Waals surface area contributed by atoms with Crippen molar-refractivity contribution in [1.29, 1.82) is 0 Å². The number of carbonyl (C=O) groups is 2. The third kappa shape index (κ3) is 0.691. The molecule has 0 unspecified atom stereocenters. The van der Waals surface area contributed by atoms with Gasteiger partial charge in [0.25, 0.3) is 10.9 Å². The topological polar surface area (TPSA) is 46.5 Å². The van der Waals surface area contributed by atoms with Gasteiger partial charge in [0.2, 0.25) is 0 Å². The maximum absolute atomic E-state index is 10.1. The summed E-state index contributed by atoms with van der Waals surface area (Å²) >= 11 is 0.686. The second-order valence-electron chi connectivity index (χ2n) is 0.978. The third-order valence-electron chi connectivity index (χ3n) is 0.507. The van der Waals surface area contributed by atoms with Crippen molar-refractivity contribution in [3.8, 4) is 0 Å². The molecule has 0 saturated heterocycles. The molecule has 0 N–H and O–H groups in total. The molecule has 0 radical (unpaired) electrons. The van der Waals surface area contributed by atoms with E-state index in [2.05, 4.69) is 4.40 Å². The first-order chi connectivity index (χ1) is 3.30. The van der Waals surface area contributed by atoms with Crippen LogP contribution in [-0.2, 0) is 9.59 Å². The Morgan fingerprint density at radius 2 is 2.29 bits per heavy atom. The largest absolute Gasteiger partial charge is 0.283 e. The molecule has 0 spiro atoms. The Morgan fingerprint density at radius 1 is 1.57 bits per heavy atom. The Morgan fingerprint density at radius 3 is 2.43 bits per heavy atom. The smallest absolute Gasteiger partial charge is 0.283 e. The van der Waals surface area contributed by atoms with E-state index in [4.69, 9.17) is 0 Å². The van der Waals surface area contributed by atoms with Gasteiger partial charge in [0.1, 0.15) is 0 Å². The van der Waals surface area contributed by atoms with E-state index in [9.17, 15) is 9.59 Å². The number of Topliss-reactive ketones (excluding diaryl/α,β-unsaturated/α-hetero) is 1. The molecular weight excluding hydrogens is 114 g/mol. The van der Waals surface area contributed by atoms with Gasteiger partial charge in [-0.3, -0.25) is 9.59 Å². The molecule has 36 valence electrons. The fraction of sp³-hybridized carbons (Fsp3) is 0. The second-order valence-corrected chi connectivity index (χ2v) is 1.74. The lowest BCUT2D eigenvalue weighted by Gasteiger charge is -1.69. The zero-order valence-corrected chi connectivity index (χ0v) is 4.07. The van der Waals surface area contributed by atoms with Crippen LogP contribution < -0.4 is 0 Å². The predicted molar refractivity (Wildman–Crippen MR) is 26.1 cm³/mol. The minimum Gasteiger partial charge on any atom is -0.283 e. The van der Waals surface area contributed by atoms with Crippen molar-refractivity contribution in [1.82, 2.24) is 0 Å². The van der Waals surface area contributed by atoms with E-state index in [1.165, 1.54) is 0 Å². The van der Waals surface area contributed by atoms with Gasteiger partial charge in [-0.15, -0.1) is 0 Å². The van der Waals surface area contributed by atoms with Crippen molar-refractivity contribution < 1.29 is 9.59 Å². The standard InChI is InChI=1S/C3HNO2S/c5-2-1-4-7-3(2)6/h1H. The first-order valence-corrected chi connectivity index (χ1v) is 2.37. The lowest BCUT2D eigenvalue weighted by atomic mass is 10.5. The number of hydrogen-bond donors (Lipinski definition) is 0. The zero-order valence-electron chi connectivity index (χ0n) is 3.25. The molecule has 0 fully saturated rings. The normalized spacial score (nSPS) is 18.9. The van der Waals surface area contributed by atoms with E-state index in [1.54, 1.807) is 0 Å². The SMILES string of the molecule is O=C1C=NSC1=O. The van der Waals surface area contributed by atoms with Crippen LogP contribution >= 0.6 is 11.9 Å². The quantitative estimate of drug-likeness (QED) is 0.325. The van der Waals surface area contributed by atoms with E-state index in [0.29, 0.717) is 11.9 Å². The molecule has 0 aromatic carbocycles. The summed E-state index contributed by atoms with van der Waals surface area (Å²) in [6.45, 7) is 0. The van der Waals surface area contributed by atoms with Gasteiger partial charge in [0.05, 0.1) is 18.2 Å². The van der Waals surface area contributed by atoms with Crippen LogP contribution in [0.25, 0.3) is 0 Å². The monoisotopic (exact) mass is 115 g/mol. The third-order valence-corrected chi connectivity index (χ3v) is 1.08. The van der Waals surface area contributed by atoms with Crippen LogP contribution in [0.1, 0.15) is 0 Å². The number of nitrogens with zero attached hydrogens (tertiary/aromatic N) is 1. The molecule has 0 aromatic rings. The highest BCUT2D eigenvalue weighted by Gasteiger charge is 2.16. The zero-order chi connectivity index (χ0) is 5.28. The molecule has 1 aliphatic heterocycles. The summed E-state index contributed by atoms with van der Waals surface area (Å²) in [6, 6.07) is 0. The molecule has 0 saturated carbocycles. The molecule has 0 aromatic heterocycles. The Hall–Kier alpha value is -0.640. The molecule has 0 bridgehead atoms. The van der Waals surface area contributed by atoms with Gasteiger partial charge in [0, 0.05) is 0 Å². The van der Waals surface area contributed by atoms with Crippen LogP contribution in [0.15, 0.2) is 4.40 Å². The molecule has 1 heterocycles. The molecule has 4 heteroatoms. The Balaban J connectivity index is 2.81. The Labute approximate surface area is 43.9 Å². The summed E-state index contributed by atoms with van der Waals surface area (Å²) in [4.78, 5) is 20.1. The van der Waals surface area contributed by atoms with Crippen LogP contribution in [0.5, 0.6) is 0 Å². The van der Waals surface area contributed by atoms with Crippen molar-refractivity contribution in [3.05, 3.63) is 0 Å². The van der Waals surface area contributed by atoms with Crippen molar-refractivity contribution in [2.24, 2.45) is 4.40 Å². The van der Waals surface area contributed by atoms with E-state index in [0.717, 1.165) is 6.21 Å². The van der Waals surface area contributed by atoms with Gasteiger partial charge in [-0.2, -0.15) is 0 Å². The Bertz CT molecular complexity index is 151. The van der Waals surface area contributed by atoms with E-state index in [-0.39, 0.29) is 0 Å². The van der Waals surface area contributed by atoms with E-state index < -0.39 is 10.9 Å². The molecule has 0 aliphatic carbocycles. The number of rotatable bonds is 0. The van der Waals surface area contributed by atoms with Crippen LogP contribution in [0.4, 0.5) is 0 Å². The maximum atomic E-state index is 10.1. The van der Waals surface area contributed by atoms with Gasteiger partial charge < -0.3 is 0 Å². The van der Waals surface area contributed by atoms with Crippen molar-refractivity contribution in [2.75, 3.05) is 0 Å². The van der Waals surface area contributed by atoms with Gasteiger partial charge >= 0.3 is 0 Å². The summed E-state index contributed by atoms with van der Waals surface area (Å²) in [5, 5.41) is -0.486. The van der Waals surface area contributed by atoms with Crippen molar-refractivity contribution in [3.63, 3.8) is 0 Å². The number of carbonyl (C=O) groups excluding carboxylic acids is 2. The molecule has 0 amide bonds. The number of hydrogen-bond acceptors (Lipinski definition) is 4. The molecule has 7 heavy (non-hydrogen) atoms. The average molecular weight is 115 g/mol. The molecular formula is C3HNO2S. The van der Waals surface area contributed by atoms with Crippen LogP contribution in [0.3, 0.4) is 0 Å². The summed E-state index contributed by atoms with van der Waals surface area (Å²) in [5.74, 6) is -0.509. The summed E-state index contributed by atoms with van der Waals surface area (Å²) in [5.41, 5.74) is 0. The Kier molecular flexibility index (Phi) is 0.941.